The van der Waals surface area contributed by atoms with Crippen molar-refractivity contribution in [3.63, 3.8) is 0 Å². The number of nitrogens with one attached hydrogen (secondary N) is 2. The minimum Gasteiger partial charge on any atom is -0.314 e. The maximum Gasteiger partial charge on any atom is 0.268 e. The normalized spacial score (nSPS) is 19.0. The Morgan fingerprint density at radius 3 is 3.17 bits per heavy atom. The van der Waals surface area contributed by atoms with Crippen molar-refractivity contribution in [1.29, 1.82) is 0 Å². The molecule has 0 radical (unpaired) electrons. The number of fused-ring (bicyclic) bond motifs is 1. The summed E-state index contributed by atoms with van der Waals surface area (Å²) in [4.78, 5) is 22.0. The number of hydrogen-bond acceptors (Lipinski definition) is 5. The highest BCUT2D eigenvalue weighted by atomic mass is 35.5. The fourth-order valence-electron chi connectivity index (χ4n) is 3.17. The van der Waals surface area contributed by atoms with Crippen LogP contribution in [0.4, 0.5) is 0 Å². The predicted molar refractivity (Wildman–Crippen MR) is 97.7 cm³/mol. The topological polar surface area (TPSA) is 61.0 Å². The quantitative estimate of drug-likeness (QED) is 0.754. The molecule has 3 heterocycles. The average molecular weight is 361 g/mol. The molecule has 0 amide bonds. The summed E-state index contributed by atoms with van der Waals surface area (Å²) in [5.74, 6) is 0.708. The minimum absolute atomic E-state index is 0.0561. The van der Waals surface area contributed by atoms with Crippen molar-refractivity contribution in [3.05, 3.63) is 62.5 Å². The van der Waals surface area contributed by atoms with Crippen molar-refractivity contribution in [2.24, 2.45) is 0 Å². The SMILES string of the molecule is O=c1[nH]c(CN2CCNCC2c2cccc(Cl)c2)nc2ccsc12. The molecule has 124 valence electrons. The third-order valence-electron chi connectivity index (χ3n) is 4.30. The number of H-pyrrole nitrogens is 1. The monoisotopic (exact) mass is 360 g/mol. The van der Waals surface area contributed by atoms with Gasteiger partial charge >= 0.3 is 0 Å². The number of thiophene rings is 1. The van der Waals surface area contributed by atoms with Gasteiger partial charge in [0.05, 0.1) is 12.1 Å². The van der Waals surface area contributed by atoms with E-state index in [9.17, 15) is 4.79 Å². The second-order valence-corrected chi connectivity index (χ2v) is 7.25. The van der Waals surface area contributed by atoms with Gasteiger partial charge in [0, 0.05) is 30.7 Å². The van der Waals surface area contributed by atoms with Gasteiger partial charge in [0.25, 0.3) is 5.56 Å². The van der Waals surface area contributed by atoms with Gasteiger partial charge in [-0.1, -0.05) is 23.7 Å². The number of aromatic nitrogens is 2. The largest absolute Gasteiger partial charge is 0.314 e. The number of nitrogens with zero attached hydrogens (tertiary/aromatic N) is 2. The van der Waals surface area contributed by atoms with E-state index in [2.05, 4.69) is 26.3 Å². The first-order valence-electron chi connectivity index (χ1n) is 7.87. The second kappa shape index (κ2) is 6.64. The smallest absolute Gasteiger partial charge is 0.268 e. The Morgan fingerprint density at radius 1 is 1.38 bits per heavy atom. The zero-order valence-corrected chi connectivity index (χ0v) is 14.5. The van der Waals surface area contributed by atoms with Gasteiger partial charge in [-0.05, 0) is 29.1 Å². The molecular formula is C17H17ClN4OS. The van der Waals surface area contributed by atoms with Crippen LogP contribution in [-0.2, 0) is 6.54 Å². The Bertz CT molecular complexity index is 922. The van der Waals surface area contributed by atoms with Crippen LogP contribution < -0.4 is 10.9 Å². The summed E-state index contributed by atoms with van der Waals surface area (Å²) in [6.07, 6.45) is 0. The third kappa shape index (κ3) is 3.10. The Labute approximate surface area is 148 Å². The summed E-state index contributed by atoms with van der Waals surface area (Å²) in [6.45, 7) is 3.27. The Morgan fingerprint density at radius 2 is 2.29 bits per heavy atom. The second-order valence-electron chi connectivity index (χ2n) is 5.89. The first-order valence-corrected chi connectivity index (χ1v) is 9.13. The molecule has 0 aliphatic carbocycles. The van der Waals surface area contributed by atoms with Gasteiger partial charge in [0.1, 0.15) is 10.5 Å². The van der Waals surface area contributed by atoms with E-state index in [1.165, 1.54) is 16.9 Å². The average Bonchev–Trinajstić information content (AvgIpc) is 3.04. The molecule has 1 saturated heterocycles. The number of rotatable bonds is 3. The van der Waals surface area contributed by atoms with Crippen molar-refractivity contribution in [2.75, 3.05) is 19.6 Å². The van der Waals surface area contributed by atoms with Crippen molar-refractivity contribution in [1.82, 2.24) is 20.2 Å². The van der Waals surface area contributed by atoms with Gasteiger partial charge in [0.15, 0.2) is 0 Å². The molecule has 7 heteroatoms. The lowest BCUT2D eigenvalue weighted by atomic mass is 10.0. The molecule has 1 aliphatic heterocycles. The molecule has 1 fully saturated rings. The van der Waals surface area contributed by atoms with Crippen LogP contribution in [0, 0.1) is 0 Å². The summed E-state index contributed by atoms with van der Waals surface area (Å²) in [5.41, 5.74) is 1.89. The first kappa shape index (κ1) is 15.8. The van der Waals surface area contributed by atoms with Gasteiger partial charge in [-0.2, -0.15) is 0 Å². The highest BCUT2D eigenvalue weighted by Crippen LogP contribution is 2.26. The molecule has 5 nitrogen and oxygen atoms in total. The van der Waals surface area contributed by atoms with Crippen molar-refractivity contribution >= 4 is 33.2 Å². The Hall–Kier alpha value is -1.73. The highest BCUT2D eigenvalue weighted by Gasteiger charge is 2.24. The van der Waals surface area contributed by atoms with Crippen LogP contribution >= 0.6 is 22.9 Å². The van der Waals surface area contributed by atoms with Crippen LogP contribution in [0.5, 0.6) is 0 Å². The molecule has 0 spiro atoms. The lowest BCUT2D eigenvalue weighted by Crippen LogP contribution is -2.45. The van der Waals surface area contributed by atoms with E-state index in [4.69, 9.17) is 11.6 Å². The van der Waals surface area contributed by atoms with Crippen LogP contribution in [0.2, 0.25) is 5.02 Å². The van der Waals surface area contributed by atoms with Crippen molar-refractivity contribution in [2.45, 2.75) is 12.6 Å². The molecule has 3 aromatic rings. The summed E-state index contributed by atoms with van der Waals surface area (Å²) in [6, 6.07) is 10.1. The molecule has 2 N–H and O–H groups in total. The molecule has 0 bridgehead atoms. The fraction of sp³-hybridized carbons (Fsp3) is 0.294. The van der Waals surface area contributed by atoms with Crippen LogP contribution in [0.1, 0.15) is 17.4 Å². The molecular weight excluding hydrogens is 344 g/mol. The third-order valence-corrected chi connectivity index (χ3v) is 5.44. The summed E-state index contributed by atoms with van der Waals surface area (Å²) in [5, 5.41) is 6.07. The lowest BCUT2D eigenvalue weighted by molar-refractivity contribution is 0.150. The molecule has 2 aromatic heterocycles. The van der Waals surface area contributed by atoms with Crippen LogP contribution in [0.3, 0.4) is 0 Å². The lowest BCUT2D eigenvalue weighted by Gasteiger charge is -2.36. The minimum atomic E-state index is -0.0561. The van der Waals surface area contributed by atoms with Gasteiger partial charge in [-0.15, -0.1) is 11.3 Å². The van der Waals surface area contributed by atoms with E-state index in [1.54, 1.807) is 0 Å². The first-order chi connectivity index (χ1) is 11.7. The number of hydrogen-bond donors (Lipinski definition) is 2. The van der Waals surface area contributed by atoms with Crippen LogP contribution in [0.25, 0.3) is 10.2 Å². The molecule has 0 saturated carbocycles. The molecule has 1 atom stereocenters. The number of piperazine rings is 1. The van der Waals surface area contributed by atoms with Crippen LogP contribution in [-0.4, -0.2) is 34.5 Å². The van der Waals surface area contributed by atoms with E-state index >= 15 is 0 Å². The van der Waals surface area contributed by atoms with E-state index in [0.717, 1.165) is 30.2 Å². The van der Waals surface area contributed by atoms with Crippen molar-refractivity contribution < 1.29 is 0 Å². The van der Waals surface area contributed by atoms with Gasteiger partial charge in [0.2, 0.25) is 0 Å². The van der Waals surface area contributed by atoms with E-state index in [-0.39, 0.29) is 11.6 Å². The summed E-state index contributed by atoms with van der Waals surface area (Å²) >= 11 is 7.57. The maximum atomic E-state index is 12.2. The highest BCUT2D eigenvalue weighted by molar-refractivity contribution is 7.17. The van der Waals surface area contributed by atoms with Crippen LogP contribution in [0.15, 0.2) is 40.5 Å². The molecule has 4 rings (SSSR count). The number of halogens is 1. The van der Waals surface area contributed by atoms with E-state index in [0.29, 0.717) is 17.1 Å². The Balaban J connectivity index is 1.64. The fourth-order valence-corrected chi connectivity index (χ4v) is 4.09. The molecule has 1 aromatic carbocycles. The van der Waals surface area contributed by atoms with Gasteiger partial charge in [-0.3, -0.25) is 9.69 Å². The van der Waals surface area contributed by atoms with Gasteiger partial charge < -0.3 is 10.3 Å². The standard InChI is InChI=1S/C17H17ClN4OS/c18-12-3-1-2-11(8-12)14-9-19-5-6-22(14)10-15-20-13-4-7-24-16(13)17(23)21-15/h1-4,7-8,14,19H,5-6,9-10H2,(H,20,21,23). The number of benzene rings is 1. The predicted octanol–water partition coefficient (Wildman–Crippen LogP) is 2.78. The number of aromatic amines is 1. The zero-order chi connectivity index (χ0) is 16.5. The molecule has 1 unspecified atom stereocenters. The van der Waals surface area contributed by atoms with Crippen molar-refractivity contribution in [3.8, 4) is 0 Å². The van der Waals surface area contributed by atoms with E-state index in [1.807, 2.05) is 29.6 Å². The summed E-state index contributed by atoms with van der Waals surface area (Å²) in [7, 11) is 0. The molecule has 24 heavy (non-hydrogen) atoms. The zero-order valence-electron chi connectivity index (χ0n) is 13.0. The van der Waals surface area contributed by atoms with E-state index < -0.39 is 0 Å². The summed E-state index contributed by atoms with van der Waals surface area (Å²) < 4.78 is 0.686. The van der Waals surface area contributed by atoms with Gasteiger partial charge in [-0.25, -0.2) is 4.98 Å². The Kier molecular flexibility index (Phi) is 4.37. The molecule has 1 aliphatic rings. The maximum absolute atomic E-state index is 12.2.